The summed E-state index contributed by atoms with van der Waals surface area (Å²) in [5, 5.41) is 3.76. The monoisotopic (exact) mass is 330 g/mol. The van der Waals surface area contributed by atoms with Crippen LogP contribution in [0.1, 0.15) is 14.3 Å². The SMILES string of the molecule is O=C(COc1ccc(Cl)cc1)NC1CN2CCC1CC2.[Cl-].[H+]. The largest absolute Gasteiger partial charge is 1.00 e. The van der Waals surface area contributed by atoms with Gasteiger partial charge >= 0.3 is 1.43 Å². The lowest BCUT2D eigenvalue weighted by atomic mass is 9.84. The Kier molecular flexibility index (Phi) is 5.73. The highest BCUT2D eigenvalue weighted by molar-refractivity contribution is 6.30. The minimum absolute atomic E-state index is 0. The minimum Gasteiger partial charge on any atom is -1.00 e. The summed E-state index contributed by atoms with van der Waals surface area (Å²) in [4.78, 5) is 14.4. The van der Waals surface area contributed by atoms with Crippen LogP contribution in [-0.2, 0) is 4.79 Å². The number of nitrogens with one attached hydrogen (secondary N) is 1. The number of carbonyl (C=O) groups excluding carboxylic acids is 1. The maximum Gasteiger partial charge on any atom is 1.00 e. The molecule has 0 spiro atoms. The van der Waals surface area contributed by atoms with Crippen molar-refractivity contribution in [1.82, 2.24) is 10.2 Å². The number of rotatable bonds is 4. The van der Waals surface area contributed by atoms with Gasteiger partial charge in [0.15, 0.2) is 6.61 Å². The van der Waals surface area contributed by atoms with Gasteiger partial charge < -0.3 is 27.4 Å². The summed E-state index contributed by atoms with van der Waals surface area (Å²) in [6, 6.07) is 7.33. The molecule has 3 aliphatic heterocycles. The van der Waals surface area contributed by atoms with Gasteiger partial charge in [0, 0.05) is 17.6 Å². The first-order chi connectivity index (χ1) is 9.70. The second-order valence-corrected chi connectivity index (χ2v) is 5.99. The smallest absolute Gasteiger partial charge is 1.00 e. The summed E-state index contributed by atoms with van der Waals surface area (Å²) in [7, 11) is 0. The molecule has 1 amide bonds. The molecular weight excluding hydrogens is 311 g/mol. The molecule has 1 aromatic carbocycles. The molecule has 3 saturated heterocycles. The summed E-state index contributed by atoms with van der Waals surface area (Å²) >= 11 is 5.80. The third-order valence-electron chi connectivity index (χ3n) is 4.19. The van der Waals surface area contributed by atoms with Gasteiger partial charge in [-0.3, -0.25) is 4.79 Å². The summed E-state index contributed by atoms with van der Waals surface area (Å²) in [5.74, 6) is 1.26. The van der Waals surface area contributed by atoms with Gasteiger partial charge in [0.25, 0.3) is 5.91 Å². The Morgan fingerprint density at radius 2 is 2.00 bits per heavy atom. The number of fused-ring (bicyclic) bond motifs is 3. The minimum atomic E-state index is -0.0429. The number of amides is 1. The molecule has 21 heavy (non-hydrogen) atoms. The van der Waals surface area contributed by atoms with E-state index in [1.54, 1.807) is 24.3 Å². The van der Waals surface area contributed by atoms with E-state index >= 15 is 0 Å². The van der Waals surface area contributed by atoms with E-state index in [1.165, 1.54) is 25.9 Å². The number of hydrogen-bond donors (Lipinski definition) is 1. The normalized spacial score (nSPS) is 26.8. The van der Waals surface area contributed by atoms with Gasteiger partial charge in [-0.15, -0.1) is 0 Å². The average Bonchev–Trinajstić information content (AvgIpc) is 2.48. The van der Waals surface area contributed by atoms with Gasteiger partial charge in [0.1, 0.15) is 5.75 Å². The number of piperidine rings is 3. The van der Waals surface area contributed by atoms with Crippen molar-refractivity contribution in [3.8, 4) is 5.75 Å². The molecule has 1 unspecified atom stereocenters. The van der Waals surface area contributed by atoms with E-state index in [0.717, 1.165) is 6.54 Å². The predicted octanol–water partition coefficient (Wildman–Crippen LogP) is -0.954. The van der Waals surface area contributed by atoms with Crippen LogP contribution in [0.15, 0.2) is 24.3 Å². The Morgan fingerprint density at radius 1 is 1.33 bits per heavy atom. The molecule has 4 nitrogen and oxygen atoms in total. The van der Waals surface area contributed by atoms with Crippen molar-refractivity contribution >= 4 is 17.5 Å². The van der Waals surface area contributed by atoms with Gasteiger partial charge in [-0.05, 0) is 56.1 Å². The topological polar surface area (TPSA) is 41.6 Å². The molecule has 3 fully saturated rings. The van der Waals surface area contributed by atoms with Crippen molar-refractivity contribution in [1.29, 1.82) is 0 Å². The number of halogens is 2. The van der Waals surface area contributed by atoms with E-state index in [4.69, 9.17) is 16.3 Å². The Labute approximate surface area is 137 Å². The van der Waals surface area contributed by atoms with Gasteiger partial charge in [0.2, 0.25) is 0 Å². The van der Waals surface area contributed by atoms with Gasteiger partial charge in [-0.1, -0.05) is 11.6 Å². The molecule has 4 rings (SSSR count). The molecule has 0 radical (unpaired) electrons. The van der Waals surface area contributed by atoms with Crippen LogP contribution in [0, 0.1) is 5.92 Å². The van der Waals surface area contributed by atoms with E-state index in [0.29, 0.717) is 22.7 Å². The fourth-order valence-corrected chi connectivity index (χ4v) is 3.18. The van der Waals surface area contributed by atoms with E-state index in [-0.39, 0.29) is 26.3 Å². The first kappa shape index (κ1) is 16.4. The van der Waals surface area contributed by atoms with Gasteiger partial charge in [-0.25, -0.2) is 0 Å². The molecule has 0 saturated carbocycles. The van der Waals surface area contributed by atoms with E-state index in [9.17, 15) is 4.79 Å². The molecule has 0 aromatic heterocycles. The standard InChI is InChI=1S/C15H19ClN2O2.ClH/c16-12-1-3-13(4-2-12)20-10-15(19)17-14-9-18-7-5-11(14)6-8-18;/h1-4,11,14H,5-10H2,(H,17,19);1H. The molecule has 1 atom stereocenters. The van der Waals surface area contributed by atoms with Gasteiger partial charge in [0.05, 0.1) is 0 Å². The van der Waals surface area contributed by atoms with Crippen LogP contribution < -0.4 is 22.5 Å². The summed E-state index contributed by atoms with van der Waals surface area (Å²) in [6.07, 6.45) is 2.39. The van der Waals surface area contributed by atoms with E-state index in [1.807, 2.05) is 0 Å². The van der Waals surface area contributed by atoms with Crippen molar-refractivity contribution in [3.05, 3.63) is 29.3 Å². The Balaban J connectivity index is 0.00000121. The van der Waals surface area contributed by atoms with Crippen molar-refractivity contribution < 1.29 is 23.4 Å². The zero-order chi connectivity index (χ0) is 13.9. The maximum absolute atomic E-state index is 11.9. The molecule has 3 aliphatic rings. The molecule has 1 N–H and O–H groups in total. The first-order valence-corrected chi connectivity index (χ1v) is 7.48. The highest BCUT2D eigenvalue weighted by Crippen LogP contribution is 2.27. The summed E-state index contributed by atoms with van der Waals surface area (Å²) in [6.45, 7) is 3.40. The maximum atomic E-state index is 11.9. The lowest BCUT2D eigenvalue weighted by Gasteiger charge is -2.44. The number of ether oxygens (including phenoxy) is 1. The molecule has 0 aliphatic carbocycles. The molecule has 1 aromatic rings. The molecule has 2 bridgehead atoms. The Morgan fingerprint density at radius 3 is 2.57 bits per heavy atom. The Hall–Kier alpha value is -0.970. The number of carbonyl (C=O) groups is 1. The quantitative estimate of drug-likeness (QED) is 0.773. The lowest BCUT2D eigenvalue weighted by molar-refractivity contribution is -0.125. The second-order valence-electron chi connectivity index (χ2n) is 5.55. The van der Waals surface area contributed by atoms with Crippen LogP contribution in [0.2, 0.25) is 5.02 Å². The fraction of sp³-hybridized carbons (Fsp3) is 0.533. The number of nitrogens with zero attached hydrogens (tertiary/aromatic N) is 1. The predicted molar refractivity (Wildman–Crippen MR) is 79.2 cm³/mol. The lowest BCUT2D eigenvalue weighted by Crippen LogP contribution is -3.00. The highest BCUT2D eigenvalue weighted by Gasteiger charge is 2.34. The fourth-order valence-electron chi connectivity index (χ4n) is 3.06. The highest BCUT2D eigenvalue weighted by atomic mass is 35.5. The zero-order valence-corrected chi connectivity index (χ0v) is 13.2. The molecule has 6 heteroatoms. The average molecular weight is 331 g/mol. The molecule has 116 valence electrons. The second kappa shape index (κ2) is 7.34. The van der Waals surface area contributed by atoms with Crippen LogP contribution >= 0.6 is 11.6 Å². The first-order valence-electron chi connectivity index (χ1n) is 7.11. The van der Waals surface area contributed by atoms with Crippen LogP contribution in [0.25, 0.3) is 0 Å². The zero-order valence-electron chi connectivity index (χ0n) is 12.7. The molecule has 3 heterocycles. The van der Waals surface area contributed by atoms with E-state index in [2.05, 4.69) is 10.2 Å². The number of hydrogen-bond acceptors (Lipinski definition) is 3. The van der Waals surface area contributed by atoms with Crippen LogP contribution in [-0.4, -0.2) is 43.1 Å². The van der Waals surface area contributed by atoms with Gasteiger partial charge in [-0.2, -0.15) is 0 Å². The Bertz CT molecular complexity index is 479. The third-order valence-corrected chi connectivity index (χ3v) is 4.44. The van der Waals surface area contributed by atoms with Crippen LogP contribution in [0.3, 0.4) is 0 Å². The summed E-state index contributed by atoms with van der Waals surface area (Å²) in [5.41, 5.74) is 0. The van der Waals surface area contributed by atoms with Crippen molar-refractivity contribution in [2.24, 2.45) is 5.92 Å². The number of benzene rings is 1. The van der Waals surface area contributed by atoms with E-state index < -0.39 is 0 Å². The third kappa shape index (κ3) is 4.25. The van der Waals surface area contributed by atoms with Crippen LogP contribution in [0.5, 0.6) is 5.75 Å². The van der Waals surface area contributed by atoms with Crippen LogP contribution in [0.4, 0.5) is 0 Å². The van der Waals surface area contributed by atoms with Crippen molar-refractivity contribution in [2.45, 2.75) is 18.9 Å². The van der Waals surface area contributed by atoms with Crippen molar-refractivity contribution in [2.75, 3.05) is 26.2 Å². The summed E-state index contributed by atoms with van der Waals surface area (Å²) < 4.78 is 5.46. The molecular formula is C15H20Cl2N2O2. The van der Waals surface area contributed by atoms with Crippen molar-refractivity contribution in [3.63, 3.8) is 0 Å².